The minimum Gasteiger partial charge on any atom is -0.493 e. The maximum absolute atomic E-state index is 12.0. The molecule has 1 N–H and O–H groups in total. The van der Waals surface area contributed by atoms with E-state index in [1.54, 1.807) is 25.5 Å². The number of carbonyl (C=O) groups excluding carboxylic acids is 1. The lowest BCUT2D eigenvalue weighted by Gasteiger charge is -2.45. The smallest absolute Gasteiger partial charge is 0.277 e. The van der Waals surface area contributed by atoms with Gasteiger partial charge in [0.1, 0.15) is 0 Å². The molecule has 29 heavy (non-hydrogen) atoms. The summed E-state index contributed by atoms with van der Waals surface area (Å²) in [4.78, 5) is 14.3. The van der Waals surface area contributed by atoms with E-state index >= 15 is 0 Å². The highest BCUT2D eigenvalue weighted by atomic mass is 16.5. The number of amides is 1. The van der Waals surface area contributed by atoms with Crippen molar-refractivity contribution in [2.75, 3.05) is 25.7 Å². The van der Waals surface area contributed by atoms with Crippen LogP contribution < -0.4 is 19.8 Å². The summed E-state index contributed by atoms with van der Waals surface area (Å²) in [7, 11) is 3.70. The van der Waals surface area contributed by atoms with Gasteiger partial charge in [-0.05, 0) is 61.6 Å². The number of carbonyl (C=O) groups is 1. The molecule has 6 nitrogen and oxygen atoms in total. The summed E-state index contributed by atoms with van der Waals surface area (Å²) in [5.74, 6) is 1.23. The third-order valence-electron chi connectivity index (χ3n) is 5.49. The third kappa shape index (κ3) is 4.70. The first-order valence-corrected chi connectivity index (χ1v) is 9.77. The van der Waals surface area contributed by atoms with E-state index in [9.17, 15) is 4.79 Å². The average molecular weight is 396 g/mol. The number of nitrogens with one attached hydrogen (secondary N) is 1. The molecule has 0 aliphatic carbocycles. The van der Waals surface area contributed by atoms with Crippen molar-refractivity contribution in [2.45, 2.75) is 38.6 Å². The number of benzene rings is 2. The molecule has 3 rings (SSSR count). The third-order valence-corrected chi connectivity index (χ3v) is 5.49. The molecule has 0 radical (unpaired) electrons. The first-order valence-electron chi connectivity index (χ1n) is 9.77. The number of methoxy groups -OCH3 is 1. The van der Waals surface area contributed by atoms with Crippen molar-refractivity contribution < 1.29 is 14.3 Å². The Morgan fingerprint density at radius 2 is 2.00 bits per heavy atom. The Morgan fingerprint density at radius 1 is 1.28 bits per heavy atom. The average Bonchev–Trinajstić information content (AvgIpc) is 2.70. The predicted octanol–water partition coefficient (Wildman–Crippen LogP) is 3.95. The number of hydrogen-bond acceptors (Lipinski definition) is 5. The molecule has 0 saturated carbocycles. The van der Waals surface area contributed by atoms with Crippen LogP contribution in [0.2, 0.25) is 0 Å². The van der Waals surface area contributed by atoms with E-state index in [1.807, 2.05) is 18.2 Å². The number of rotatable bonds is 6. The minimum absolute atomic E-state index is 0.136. The molecule has 0 spiro atoms. The highest BCUT2D eigenvalue weighted by Gasteiger charge is 2.33. The zero-order valence-electron chi connectivity index (χ0n) is 17.7. The topological polar surface area (TPSA) is 63.2 Å². The first kappa shape index (κ1) is 20.7. The van der Waals surface area contributed by atoms with Gasteiger partial charge in [-0.2, -0.15) is 5.10 Å². The highest BCUT2D eigenvalue weighted by molar-refractivity contribution is 5.84. The normalized spacial score (nSPS) is 17.7. The second-order valence-corrected chi connectivity index (χ2v) is 8.03. The van der Waals surface area contributed by atoms with Crippen molar-refractivity contribution in [3.8, 4) is 11.5 Å². The van der Waals surface area contributed by atoms with Crippen molar-refractivity contribution in [3.05, 3.63) is 53.6 Å². The molecule has 1 unspecified atom stereocenters. The van der Waals surface area contributed by atoms with Gasteiger partial charge in [-0.1, -0.05) is 25.1 Å². The summed E-state index contributed by atoms with van der Waals surface area (Å²) in [6.07, 6.45) is 2.75. The SMILES string of the molecule is COc1ccccc1OCC(=O)N/N=C/c1ccc2c(c1)C(C)CC(C)(C)N2C. The van der Waals surface area contributed by atoms with Crippen LogP contribution in [-0.2, 0) is 4.79 Å². The van der Waals surface area contributed by atoms with E-state index in [0.29, 0.717) is 17.4 Å². The molecule has 0 aromatic heterocycles. The van der Waals surface area contributed by atoms with Gasteiger partial charge in [0.15, 0.2) is 18.1 Å². The quantitative estimate of drug-likeness (QED) is 0.594. The van der Waals surface area contributed by atoms with Gasteiger partial charge in [0.25, 0.3) is 5.91 Å². The van der Waals surface area contributed by atoms with Crippen LogP contribution >= 0.6 is 0 Å². The highest BCUT2D eigenvalue weighted by Crippen LogP contribution is 2.42. The van der Waals surface area contributed by atoms with E-state index < -0.39 is 0 Å². The summed E-state index contributed by atoms with van der Waals surface area (Å²) in [5, 5.41) is 4.07. The van der Waals surface area contributed by atoms with Gasteiger partial charge in [0.05, 0.1) is 13.3 Å². The van der Waals surface area contributed by atoms with Gasteiger partial charge in [-0.15, -0.1) is 0 Å². The number of anilines is 1. The fourth-order valence-corrected chi connectivity index (χ4v) is 3.77. The Balaban J connectivity index is 1.59. The Morgan fingerprint density at radius 3 is 2.72 bits per heavy atom. The molecule has 0 saturated heterocycles. The zero-order valence-corrected chi connectivity index (χ0v) is 17.7. The number of hydrazone groups is 1. The van der Waals surface area contributed by atoms with Crippen LogP contribution in [0.5, 0.6) is 11.5 Å². The van der Waals surface area contributed by atoms with Gasteiger partial charge in [0, 0.05) is 18.3 Å². The van der Waals surface area contributed by atoms with E-state index in [-0.39, 0.29) is 18.1 Å². The molecule has 1 aliphatic heterocycles. The van der Waals surface area contributed by atoms with Gasteiger partial charge in [-0.25, -0.2) is 5.43 Å². The predicted molar refractivity (Wildman–Crippen MR) is 116 cm³/mol. The number of ether oxygens (including phenoxy) is 2. The van der Waals surface area contributed by atoms with Gasteiger partial charge < -0.3 is 14.4 Å². The second kappa shape index (κ2) is 8.55. The van der Waals surface area contributed by atoms with Crippen molar-refractivity contribution in [1.82, 2.24) is 5.43 Å². The van der Waals surface area contributed by atoms with E-state index in [0.717, 1.165) is 12.0 Å². The van der Waals surface area contributed by atoms with E-state index in [4.69, 9.17) is 9.47 Å². The maximum Gasteiger partial charge on any atom is 0.277 e. The van der Waals surface area contributed by atoms with Crippen molar-refractivity contribution in [1.29, 1.82) is 0 Å². The molecular formula is C23H29N3O3. The Labute approximate surface area is 172 Å². The second-order valence-electron chi connectivity index (χ2n) is 8.03. The molecule has 2 aromatic rings. The van der Waals surface area contributed by atoms with Gasteiger partial charge in [0.2, 0.25) is 0 Å². The summed E-state index contributed by atoms with van der Waals surface area (Å²) in [6, 6.07) is 13.5. The molecule has 1 heterocycles. The number of fused-ring (bicyclic) bond motifs is 1. The van der Waals surface area contributed by atoms with Crippen LogP contribution in [-0.4, -0.2) is 38.4 Å². The monoisotopic (exact) mass is 395 g/mol. The summed E-state index contributed by atoms with van der Waals surface area (Å²) in [5.41, 5.74) is 6.15. The fourth-order valence-electron chi connectivity index (χ4n) is 3.77. The van der Waals surface area contributed by atoms with Gasteiger partial charge >= 0.3 is 0 Å². The lowest BCUT2D eigenvalue weighted by molar-refractivity contribution is -0.123. The van der Waals surface area contributed by atoms with Crippen molar-refractivity contribution in [2.24, 2.45) is 5.10 Å². The Hall–Kier alpha value is -3.02. The van der Waals surface area contributed by atoms with E-state index in [2.05, 4.69) is 55.4 Å². The number of nitrogens with zero attached hydrogens (tertiary/aromatic N) is 2. The molecule has 1 atom stereocenters. The summed E-state index contributed by atoms with van der Waals surface area (Å²) < 4.78 is 10.7. The summed E-state index contributed by atoms with van der Waals surface area (Å²) in [6.45, 7) is 6.65. The van der Waals surface area contributed by atoms with Crippen LogP contribution in [0.15, 0.2) is 47.6 Å². The van der Waals surface area contributed by atoms with Crippen LogP contribution in [0.1, 0.15) is 44.2 Å². The largest absolute Gasteiger partial charge is 0.493 e. The van der Waals surface area contributed by atoms with Gasteiger partial charge in [-0.3, -0.25) is 4.79 Å². The molecular weight excluding hydrogens is 366 g/mol. The summed E-state index contributed by atoms with van der Waals surface area (Å²) >= 11 is 0. The molecule has 6 heteroatoms. The van der Waals surface area contributed by atoms with Crippen LogP contribution in [0, 0.1) is 0 Å². The van der Waals surface area contributed by atoms with Crippen molar-refractivity contribution >= 4 is 17.8 Å². The standard InChI is InChI=1S/C23H29N3O3/c1-16-13-23(2,3)26(4)19-11-10-17(12-18(16)19)14-24-25-22(27)15-29-21-9-7-6-8-20(21)28-5/h6-12,14,16H,13,15H2,1-5H3,(H,25,27)/b24-14+. The van der Waals surface area contributed by atoms with Crippen molar-refractivity contribution in [3.63, 3.8) is 0 Å². The lowest BCUT2D eigenvalue weighted by atomic mass is 9.80. The van der Waals surface area contributed by atoms with Crippen LogP contribution in [0.4, 0.5) is 5.69 Å². The van der Waals surface area contributed by atoms with Crippen LogP contribution in [0.3, 0.4) is 0 Å². The maximum atomic E-state index is 12.0. The molecule has 0 fully saturated rings. The Kier molecular flexibility index (Phi) is 6.11. The molecule has 154 valence electrons. The number of hydrogen-bond donors (Lipinski definition) is 1. The molecule has 1 aliphatic rings. The van der Waals surface area contributed by atoms with E-state index in [1.165, 1.54) is 11.3 Å². The number of para-hydroxylation sites is 2. The molecule has 0 bridgehead atoms. The Bertz CT molecular complexity index is 908. The van der Waals surface area contributed by atoms with Crippen LogP contribution in [0.25, 0.3) is 0 Å². The lowest BCUT2D eigenvalue weighted by Crippen LogP contribution is -2.45. The zero-order chi connectivity index (χ0) is 21.0. The first-order chi connectivity index (χ1) is 13.8. The molecule has 1 amide bonds. The fraction of sp³-hybridized carbons (Fsp3) is 0.391. The minimum atomic E-state index is -0.333. The molecule has 2 aromatic carbocycles.